The number of nitrogens with zero attached hydrogens (tertiary/aromatic N) is 5. The molecule has 9 heteroatoms. The molecule has 4 unspecified atom stereocenters. The van der Waals surface area contributed by atoms with E-state index in [1.165, 1.54) is 0 Å². The van der Waals surface area contributed by atoms with Crippen molar-refractivity contribution >= 4 is 17.5 Å². The molecular formula is C23H31N7O2. The van der Waals surface area contributed by atoms with E-state index < -0.39 is 0 Å². The number of carbonyl (C=O) groups is 2. The van der Waals surface area contributed by atoms with E-state index in [9.17, 15) is 9.59 Å². The molecule has 1 aromatic heterocycles. The zero-order valence-electron chi connectivity index (χ0n) is 18.3. The predicted octanol–water partition coefficient (Wildman–Crippen LogP) is 0.962. The summed E-state index contributed by atoms with van der Waals surface area (Å²) in [5.41, 5.74) is 13.8. The van der Waals surface area contributed by atoms with Crippen molar-refractivity contribution in [3.63, 3.8) is 0 Å². The van der Waals surface area contributed by atoms with Gasteiger partial charge in [0.1, 0.15) is 5.69 Å². The van der Waals surface area contributed by atoms with Crippen LogP contribution in [-0.2, 0) is 16.1 Å². The van der Waals surface area contributed by atoms with Crippen LogP contribution in [0.3, 0.4) is 0 Å². The number of hydrogen-bond donors (Lipinski definition) is 2. The summed E-state index contributed by atoms with van der Waals surface area (Å²) >= 11 is 0. The van der Waals surface area contributed by atoms with E-state index in [0.29, 0.717) is 43.6 Å². The van der Waals surface area contributed by atoms with Gasteiger partial charge >= 0.3 is 0 Å². The van der Waals surface area contributed by atoms with Crippen molar-refractivity contribution in [1.82, 2.24) is 24.8 Å². The minimum atomic E-state index is -0.241. The van der Waals surface area contributed by atoms with Crippen molar-refractivity contribution < 1.29 is 9.59 Å². The molecule has 2 amide bonds. The van der Waals surface area contributed by atoms with Gasteiger partial charge in [-0.1, -0.05) is 17.3 Å². The zero-order chi connectivity index (χ0) is 22.2. The summed E-state index contributed by atoms with van der Waals surface area (Å²) in [7, 11) is 0. The molecule has 0 aliphatic carbocycles. The molecule has 4 N–H and O–H groups in total. The number of anilines is 1. The van der Waals surface area contributed by atoms with Gasteiger partial charge in [-0.05, 0) is 50.3 Å². The van der Waals surface area contributed by atoms with Crippen LogP contribution in [0.2, 0.25) is 0 Å². The molecule has 0 spiro atoms. The van der Waals surface area contributed by atoms with Crippen molar-refractivity contribution in [3.8, 4) is 11.3 Å². The monoisotopic (exact) mass is 437 g/mol. The second kappa shape index (κ2) is 8.54. The van der Waals surface area contributed by atoms with E-state index in [-0.39, 0.29) is 23.7 Å². The number of nitrogen functional groups attached to an aromatic ring is 1. The maximum absolute atomic E-state index is 13.2. The van der Waals surface area contributed by atoms with Crippen molar-refractivity contribution in [1.29, 1.82) is 0 Å². The van der Waals surface area contributed by atoms with Gasteiger partial charge in [-0.25, -0.2) is 0 Å². The molecule has 0 radical (unpaired) electrons. The van der Waals surface area contributed by atoms with Crippen LogP contribution in [0.25, 0.3) is 11.3 Å². The van der Waals surface area contributed by atoms with Gasteiger partial charge in [-0.3, -0.25) is 19.2 Å². The third kappa shape index (κ3) is 4.09. The Balaban J connectivity index is 1.20. The van der Waals surface area contributed by atoms with Crippen LogP contribution in [0.5, 0.6) is 0 Å². The van der Waals surface area contributed by atoms with Gasteiger partial charge in [0.05, 0.1) is 18.7 Å². The highest BCUT2D eigenvalue weighted by atomic mass is 16.2. The van der Waals surface area contributed by atoms with E-state index in [0.717, 1.165) is 43.7 Å². The normalized spacial score (nSPS) is 28.1. The van der Waals surface area contributed by atoms with E-state index in [2.05, 4.69) is 15.2 Å². The quantitative estimate of drug-likeness (QED) is 0.672. The maximum Gasteiger partial charge on any atom is 0.227 e. The molecule has 4 fully saturated rings. The molecule has 170 valence electrons. The number of amides is 2. The number of carbonyl (C=O) groups excluding carboxylic acids is 2. The van der Waals surface area contributed by atoms with Gasteiger partial charge < -0.3 is 16.4 Å². The highest BCUT2D eigenvalue weighted by Gasteiger charge is 2.45. The lowest BCUT2D eigenvalue weighted by Gasteiger charge is -2.50. The first-order chi connectivity index (χ1) is 15.5. The Labute approximate surface area is 187 Å². The van der Waals surface area contributed by atoms with Crippen LogP contribution in [0, 0.1) is 17.8 Å². The van der Waals surface area contributed by atoms with Crippen LogP contribution >= 0.6 is 0 Å². The fraction of sp³-hybridized carbons (Fsp3) is 0.565. The Morgan fingerprint density at radius 1 is 1.12 bits per heavy atom. The summed E-state index contributed by atoms with van der Waals surface area (Å²) in [6, 6.07) is 8.04. The van der Waals surface area contributed by atoms with E-state index in [1.807, 2.05) is 40.0 Å². The standard InChI is InChI=1S/C23H31N7O2/c24-18-3-1-2-17(10-18)21-14-30(27-26-21)12-19-11-16-6-9-29(19)13-20(16)23(32)28-7-4-15(5-8-28)22(25)31/h1-3,10,14-16,19-20H,4-9,11-13,24H2,(H2,25,31). The summed E-state index contributed by atoms with van der Waals surface area (Å²) in [5.74, 6) is 0.391. The smallest absolute Gasteiger partial charge is 0.227 e. The SMILES string of the molecule is NC(=O)C1CCN(C(=O)C2CN3CCC2CC3Cn2cc(-c3cccc(N)c3)nn2)CC1. The summed E-state index contributed by atoms with van der Waals surface area (Å²) in [4.78, 5) is 29.0. The molecule has 4 saturated heterocycles. The van der Waals surface area contributed by atoms with Crippen LogP contribution in [0.4, 0.5) is 5.69 Å². The molecule has 6 rings (SSSR count). The Bertz CT molecular complexity index is 998. The fourth-order valence-corrected chi connectivity index (χ4v) is 5.66. The van der Waals surface area contributed by atoms with Gasteiger partial charge in [0, 0.05) is 42.8 Å². The first-order valence-electron chi connectivity index (χ1n) is 11.6. The third-order valence-electron chi connectivity index (χ3n) is 7.52. The average Bonchev–Trinajstić information content (AvgIpc) is 3.27. The molecule has 4 atom stereocenters. The van der Waals surface area contributed by atoms with Gasteiger partial charge in [-0.2, -0.15) is 0 Å². The highest BCUT2D eigenvalue weighted by Crippen LogP contribution is 2.38. The first-order valence-corrected chi connectivity index (χ1v) is 11.6. The molecular weight excluding hydrogens is 406 g/mol. The van der Waals surface area contributed by atoms with Gasteiger partial charge in [0.2, 0.25) is 11.8 Å². The molecule has 0 saturated carbocycles. The maximum atomic E-state index is 13.2. The molecule has 1 aromatic carbocycles. The lowest BCUT2D eigenvalue weighted by molar-refractivity contribution is -0.146. The zero-order valence-corrected chi connectivity index (χ0v) is 18.3. The van der Waals surface area contributed by atoms with Gasteiger partial charge in [-0.15, -0.1) is 5.10 Å². The molecule has 5 heterocycles. The fourth-order valence-electron chi connectivity index (χ4n) is 5.66. The number of piperidine rings is 4. The molecule has 32 heavy (non-hydrogen) atoms. The number of hydrogen-bond acceptors (Lipinski definition) is 6. The van der Waals surface area contributed by atoms with Crippen molar-refractivity contribution in [2.75, 3.05) is 31.9 Å². The Hall–Kier alpha value is -2.94. The Morgan fingerprint density at radius 2 is 1.94 bits per heavy atom. The summed E-state index contributed by atoms with van der Waals surface area (Å²) in [6.07, 6.45) is 5.42. The predicted molar refractivity (Wildman–Crippen MR) is 120 cm³/mol. The van der Waals surface area contributed by atoms with Crippen molar-refractivity contribution in [2.45, 2.75) is 38.3 Å². The molecule has 9 nitrogen and oxygen atoms in total. The summed E-state index contributed by atoms with van der Waals surface area (Å²) in [5, 5.41) is 8.66. The number of fused-ring (bicyclic) bond motifs is 3. The van der Waals surface area contributed by atoms with Crippen LogP contribution in [-0.4, -0.2) is 68.8 Å². The second-order valence-corrected chi connectivity index (χ2v) is 9.49. The number of benzene rings is 1. The molecule has 4 aliphatic heterocycles. The summed E-state index contributed by atoms with van der Waals surface area (Å²) in [6.45, 7) is 3.90. The summed E-state index contributed by atoms with van der Waals surface area (Å²) < 4.78 is 1.91. The highest BCUT2D eigenvalue weighted by molar-refractivity contribution is 5.81. The third-order valence-corrected chi connectivity index (χ3v) is 7.52. The van der Waals surface area contributed by atoms with E-state index in [1.54, 1.807) is 0 Å². The van der Waals surface area contributed by atoms with Crippen molar-refractivity contribution in [2.24, 2.45) is 23.5 Å². The Morgan fingerprint density at radius 3 is 2.62 bits per heavy atom. The molecule has 2 aromatic rings. The molecule has 2 bridgehead atoms. The average molecular weight is 438 g/mol. The second-order valence-electron chi connectivity index (χ2n) is 9.49. The number of aromatic nitrogens is 3. The minimum absolute atomic E-state index is 0.0590. The number of likely N-dealkylation sites (tertiary alicyclic amines) is 1. The van der Waals surface area contributed by atoms with E-state index >= 15 is 0 Å². The van der Waals surface area contributed by atoms with Crippen LogP contribution in [0.15, 0.2) is 30.5 Å². The van der Waals surface area contributed by atoms with Gasteiger partial charge in [0.25, 0.3) is 0 Å². The van der Waals surface area contributed by atoms with Crippen LogP contribution < -0.4 is 11.5 Å². The Kier molecular flexibility index (Phi) is 5.58. The topological polar surface area (TPSA) is 123 Å². The number of nitrogens with two attached hydrogens (primary N) is 2. The van der Waals surface area contributed by atoms with Crippen molar-refractivity contribution in [3.05, 3.63) is 30.5 Å². The van der Waals surface area contributed by atoms with Crippen LogP contribution in [0.1, 0.15) is 25.7 Å². The number of primary amides is 1. The van der Waals surface area contributed by atoms with Gasteiger partial charge in [0.15, 0.2) is 0 Å². The number of rotatable bonds is 5. The molecule has 4 aliphatic rings. The largest absolute Gasteiger partial charge is 0.399 e. The minimum Gasteiger partial charge on any atom is -0.399 e. The lowest BCUT2D eigenvalue weighted by atomic mass is 9.74. The first kappa shape index (κ1) is 20.9. The van der Waals surface area contributed by atoms with E-state index in [4.69, 9.17) is 11.5 Å². The lowest BCUT2D eigenvalue weighted by Crippen LogP contribution is -2.59.